The minimum absolute atomic E-state index is 0. The average molecular weight is 175 g/mol. The summed E-state index contributed by atoms with van der Waals surface area (Å²) in [6, 6.07) is 0. The molecule has 0 fully saturated rings. The van der Waals surface area contributed by atoms with Crippen LogP contribution in [0.4, 0.5) is 0 Å². The summed E-state index contributed by atoms with van der Waals surface area (Å²) in [7, 11) is 0. The zero-order valence-corrected chi connectivity index (χ0v) is 5.96. The molecular weight excluding hydrogens is 168 g/mol. The average Bonchev–Trinajstić information content (AvgIpc) is 1.90. The van der Waals surface area contributed by atoms with E-state index in [1.165, 1.54) is 0 Å². The van der Waals surface area contributed by atoms with E-state index in [2.05, 4.69) is 10.3 Å². The molecule has 1 aliphatic heterocycles. The number of halogens is 1. The topological polar surface area (TPSA) is 24.4 Å². The Hall–Kier alpha value is -0.570. The van der Waals surface area contributed by atoms with Gasteiger partial charge in [0.2, 0.25) is 0 Å². The third-order valence-corrected chi connectivity index (χ3v) is 0.621. The van der Waals surface area contributed by atoms with Gasteiger partial charge in [-0.25, -0.2) is 0 Å². The third-order valence-electron chi connectivity index (χ3n) is 0.621. The summed E-state index contributed by atoms with van der Waals surface area (Å²) in [4.78, 5) is 3.82. The first-order chi connectivity index (χ1) is 3.50. The fourth-order valence-corrected chi connectivity index (χ4v) is 0.340. The van der Waals surface area contributed by atoms with Crippen LogP contribution in [0, 0.1) is 0 Å². The number of hydrogen-bond acceptors (Lipinski definition) is 2. The van der Waals surface area contributed by atoms with E-state index in [0.717, 1.165) is 0 Å². The maximum absolute atomic E-state index is 3.82. The highest BCUT2D eigenvalue weighted by Gasteiger charge is 1.68. The van der Waals surface area contributed by atoms with Gasteiger partial charge in [0.1, 0.15) is 0 Å². The van der Waals surface area contributed by atoms with Crippen molar-refractivity contribution in [2.45, 2.75) is 0 Å². The molecule has 0 atom stereocenters. The van der Waals surface area contributed by atoms with Crippen LogP contribution < -0.4 is 5.32 Å². The summed E-state index contributed by atoms with van der Waals surface area (Å²) in [5.74, 6) is 0. The highest BCUT2D eigenvalue weighted by atomic mass is 79.9. The van der Waals surface area contributed by atoms with Gasteiger partial charge in [-0.2, -0.15) is 0 Å². The molecule has 0 aromatic rings. The van der Waals surface area contributed by atoms with E-state index in [1.54, 1.807) is 18.6 Å². The van der Waals surface area contributed by atoms with E-state index in [9.17, 15) is 0 Å². The van der Waals surface area contributed by atoms with Gasteiger partial charge in [0, 0.05) is 24.8 Å². The van der Waals surface area contributed by atoms with Crippen LogP contribution in [0.2, 0.25) is 0 Å². The van der Waals surface area contributed by atoms with Crippen molar-refractivity contribution in [1.29, 1.82) is 0 Å². The molecule has 1 heterocycles. The van der Waals surface area contributed by atoms with Gasteiger partial charge in [-0.05, 0) is 6.08 Å². The smallest absolute Gasteiger partial charge is 0.0427 e. The number of allylic oxidation sites excluding steroid dienone is 1. The molecule has 0 radical (unpaired) electrons. The summed E-state index contributed by atoms with van der Waals surface area (Å²) in [5.41, 5.74) is 0. The highest BCUT2D eigenvalue weighted by Crippen LogP contribution is 1.75. The molecule has 3 heteroatoms. The quantitative estimate of drug-likeness (QED) is 0.588. The van der Waals surface area contributed by atoms with Gasteiger partial charge in [0.05, 0.1) is 0 Å². The standard InChI is InChI=1S/C5H6N2.BrH/c1-2-6-4-5-7-3-1;/h1-6H;1H. The summed E-state index contributed by atoms with van der Waals surface area (Å²) in [5, 5.41) is 2.86. The van der Waals surface area contributed by atoms with Crippen LogP contribution >= 0.6 is 17.0 Å². The van der Waals surface area contributed by atoms with Crippen molar-refractivity contribution in [3.8, 4) is 0 Å². The van der Waals surface area contributed by atoms with Gasteiger partial charge in [0.15, 0.2) is 0 Å². The Labute approximate surface area is 58.8 Å². The van der Waals surface area contributed by atoms with Crippen LogP contribution in [0.1, 0.15) is 0 Å². The number of aliphatic imine (C=N–C) groups is 1. The van der Waals surface area contributed by atoms with Crippen LogP contribution in [-0.2, 0) is 0 Å². The van der Waals surface area contributed by atoms with Crippen LogP contribution in [0.5, 0.6) is 0 Å². The van der Waals surface area contributed by atoms with Gasteiger partial charge in [-0.3, -0.25) is 4.99 Å². The Bertz CT molecular complexity index is 112. The van der Waals surface area contributed by atoms with E-state index in [-0.39, 0.29) is 17.0 Å². The number of rotatable bonds is 0. The molecule has 8 heavy (non-hydrogen) atoms. The first-order valence-electron chi connectivity index (χ1n) is 2.09. The fourth-order valence-electron chi connectivity index (χ4n) is 0.340. The molecule has 0 aromatic carbocycles. The molecule has 44 valence electrons. The molecule has 0 saturated carbocycles. The minimum atomic E-state index is 0. The van der Waals surface area contributed by atoms with Crippen molar-refractivity contribution in [2.24, 2.45) is 4.99 Å². The van der Waals surface area contributed by atoms with Crippen molar-refractivity contribution in [2.75, 3.05) is 0 Å². The lowest BCUT2D eigenvalue weighted by Gasteiger charge is -1.78. The number of nitrogens with zero attached hydrogens (tertiary/aromatic N) is 1. The summed E-state index contributed by atoms with van der Waals surface area (Å²) < 4.78 is 0. The van der Waals surface area contributed by atoms with Gasteiger partial charge in [0.25, 0.3) is 0 Å². The monoisotopic (exact) mass is 174 g/mol. The minimum Gasteiger partial charge on any atom is -0.366 e. The molecular formula is C5H7BrN2. The summed E-state index contributed by atoms with van der Waals surface area (Å²) in [6.45, 7) is 0. The molecule has 1 aliphatic rings. The van der Waals surface area contributed by atoms with Crippen molar-refractivity contribution in [1.82, 2.24) is 5.32 Å². The molecule has 2 nitrogen and oxygen atoms in total. The SMILES string of the molecule is Br.C1=CNC=CN=C1. The summed E-state index contributed by atoms with van der Waals surface area (Å²) >= 11 is 0. The summed E-state index contributed by atoms with van der Waals surface area (Å²) in [6.07, 6.45) is 8.82. The van der Waals surface area contributed by atoms with E-state index >= 15 is 0 Å². The zero-order valence-electron chi connectivity index (χ0n) is 4.24. The molecule has 0 saturated heterocycles. The van der Waals surface area contributed by atoms with Crippen molar-refractivity contribution >= 4 is 23.2 Å². The Morgan fingerprint density at radius 2 is 2.12 bits per heavy atom. The van der Waals surface area contributed by atoms with Crippen LogP contribution in [-0.4, -0.2) is 6.21 Å². The number of hydrogen-bond donors (Lipinski definition) is 1. The Balaban J connectivity index is 0.000000490. The molecule has 0 unspecified atom stereocenters. The maximum Gasteiger partial charge on any atom is 0.0427 e. The van der Waals surface area contributed by atoms with Crippen LogP contribution in [0.3, 0.4) is 0 Å². The van der Waals surface area contributed by atoms with Crippen LogP contribution in [0.15, 0.2) is 29.7 Å². The highest BCUT2D eigenvalue weighted by molar-refractivity contribution is 8.93. The van der Waals surface area contributed by atoms with E-state index < -0.39 is 0 Å². The first-order valence-corrected chi connectivity index (χ1v) is 2.09. The van der Waals surface area contributed by atoms with E-state index in [4.69, 9.17) is 0 Å². The second-order valence-corrected chi connectivity index (χ2v) is 1.14. The molecule has 0 bridgehead atoms. The molecule has 0 aromatic heterocycles. The lowest BCUT2D eigenvalue weighted by atomic mass is 10.7. The van der Waals surface area contributed by atoms with Gasteiger partial charge >= 0.3 is 0 Å². The molecule has 0 aliphatic carbocycles. The molecule has 1 rings (SSSR count). The Morgan fingerprint density at radius 1 is 1.25 bits per heavy atom. The number of nitrogens with one attached hydrogen (secondary N) is 1. The molecule has 1 N–H and O–H groups in total. The van der Waals surface area contributed by atoms with Crippen molar-refractivity contribution in [3.05, 3.63) is 24.7 Å². The Morgan fingerprint density at radius 3 is 3.00 bits per heavy atom. The van der Waals surface area contributed by atoms with Crippen molar-refractivity contribution < 1.29 is 0 Å². The van der Waals surface area contributed by atoms with E-state index in [0.29, 0.717) is 0 Å². The normalized spacial score (nSPS) is 14.0. The van der Waals surface area contributed by atoms with Crippen molar-refractivity contribution in [3.63, 3.8) is 0 Å². The molecule has 0 amide bonds. The molecule has 0 spiro atoms. The van der Waals surface area contributed by atoms with Gasteiger partial charge < -0.3 is 5.32 Å². The van der Waals surface area contributed by atoms with Crippen LogP contribution in [0.25, 0.3) is 0 Å². The predicted molar refractivity (Wildman–Crippen MR) is 40.2 cm³/mol. The lowest BCUT2D eigenvalue weighted by molar-refractivity contribution is 1.19. The zero-order chi connectivity index (χ0) is 4.95. The third kappa shape index (κ3) is 2.58. The van der Waals surface area contributed by atoms with E-state index in [1.807, 2.05) is 12.3 Å². The second-order valence-electron chi connectivity index (χ2n) is 1.14. The maximum atomic E-state index is 3.82. The van der Waals surface area contributed by atoms with Gasteiger partial charge in [-0.15, -0.1) is 17.0 Å². The first kappa shape index (κ1) is 7.43. The fraction of sp³-hybridized carbons (Fsp3) is 0. The lowest BCUT2D eigenvalue weighted by Crippen LogP contribution is -1.87. The second kappa shape index (κ2) is 4.59. The largest absolute Gasteiger partial charge is 0.366 e. The van der Waals surface area contributed by atoms with Gasteiger partial charge in [-0.1, -0.05) is 0 Å². The Kier molecular flexibility index (Phi) is 4.26. The predicted octanol–water partition coefficient (Wildman–Crippen LogP) is 1.22.